The van der Waals surface area contributed by atoms with E-state index in [4.69, 9.17) is 39.2 Å². The van der Waals surface area contributed by atoms with Crippen molar-refractivity contribution >= 4 is 78.9 Å². The molecule has 0 atom stereocenters. The van der Waals surface area contributed by atoms with Crippen LogP contribution in [0.25, 0.3) is 32.6 Å². The molecule has 0 aliphatic carbocycles. The van der Waals surface area contributed by atoms with E-state index in [-0.39, 0.29) is 5.91 Å². The Kier molecular flexibility index (Phi) is 5.15. The van der Waals surface area contributed by atoms with Gasteiger partial charge in [0.2, 0.25) is 5.89 Å². The Morgan fingerprint density at radius 3 is 2.71 bits per heavy atom. The fraction of sp³-hybridized carbons (Fsp3) is 0.0435. The normalized spacial score (nSPS) is 11.4. The van der Waals surface area contributed by atoms with Crippen LogP contribution in [0.15, 0.2) is 59.0 Å². The first kappa shape index (κ1) is 20.3. The molecule has 3 aromatic carbocycles. The Morgan fingerprint density at radius 2 is 1.87 bits per heavy atom. The highest BCUT2D eigenvalue weighted by Crippen LogP contribution is 2.38. The predicted molar refractivity (Wildman–Crippen MR) is 129 cm³/mol. The van der Waals surface area contributed by atoms with Gasteiger partial charge in [0.25, 0.3) is 5.91 Å². The maximum Gasteiger partial charge on any atom is 0.267 e. The van der Waals surface area contributed by atoms with Crippen LogP contribution < -0.4 is 5.32 Å². The molecule has 0 unspecified atom stereocenters. The molecule has 2 aromatic heterocycles. The van der Waals surface area contributed by atoms with Crippen molar-refractivity contribution in [2.24, 2.45) is 0 Å². The van der Waals surface area contributed by atoms with Crippen molar-refractivity contribution in [2.75, 3.05) is 5.32 Å². The maximum absolute atomic E-state index is 13.0. The van der Waals surface area contributed by atoms with Gasteiger partial charge in [-0.15, -0.1) is 11.3 Å². The van der Waals surface area contributed by atoms with Gasteiger partial charge >= 0.3 is 0 Å². The second-order valence-corrected chi connectivity index (χ2v) is 9.30. The Hall–Kier alpha value is -2.57. The van der Waals surface area contributed by atoms with E-state index in [1.54, 1.807) is 36.4 Å². The van der Waals surface area contributed by atoms with Crippen LogP contribution in [0.1, 0.15) is 15.2 Å². The molecule has 0 bridgehead atoms. The maximum atomic E-state index is 13.0. The molecule has 5 aromatic rings. The number of anilines is 1. The van der Waals surface area contributed by atoms with Crippen LogP contribution in [0.3, 0.4) is 0 Å². The Morgan fingerprint density at radius 1 is 1.03 bits per heavy atom. The Labute approximate surface area is 196 Å². The first-order valence-corrected chi connectivity index (χ1v) is 11.2. The number of hydrogen-bond acceptors (Lipinski definition) is 4. The van der Waals surface area contributed by atoms with Crippen LogP contribution in [0, 0.1) is 6.92 Å². The molecule has 0 saturated carbocycles. The lowest BCUT2D eigenvalue weighted by molar-refractivity contribution is 0.103. The second kappa shape index (κ2) is 7.84. The molecule has 8 heteroatoms. The van der Waals surface area contributed by atoms with Crippen molar-refractivity contribution < 1.29 is 9.21 Å². The number of carbonyl (C=O) groups excluding carboxylic acids is 1. The van der Waals surface area contributed by atoms with Gasteiger partial charge in [0, 0.05) is 20.7 Å². The standard InChI is InChI=1S/C23H13Cl3N2O2S/c1-11-2-7-16-18(8-11)30-23(28-16)12-3-6-15(25)17(9-12)27-22(29)21-20(26)14-5-4-13(24)10-19(14)31-21/h2-10H,1H3,(H,27,29). The number of halogens is 3. The van der Waals surface area contributed by atoms with E-state index in [9.17, 15) is 4.79 Å². The van der Waals surface area contributed by atoms with Crippen molar-refractivity contribution in [2.45, 2.75) is 6.92 Å². The van der Waals surface area contributed by atoms with Crippen molar-refractivity contribution in [3.8, 4) is 11.5 Å². The van der Waals surface area contributed by atoms with Crippen LogP contribution >= 0.6 is 46.1 Å². The van der Waals surface area contributed by atoms with Gasteiger partial charge in [0.1, 0.15) is 10.4 Å². The zero-order valence-electron chi connectivity index (χ0n) is 16.0. The molecular weight excluding hydrogens is 475 g/mol. The van der Waals surface area contributed by atoms with Crippen molar-refractivity contribution in [1.82, 2.24) is 4.98 Å². The molecule has 1 amide bonds. The zero-order chi connectivity index (χ0) is 21.7. The molecule has 0 aliphatic rings. The first-order valence-electron chi connectivity index (χ1n) is 9.25. The molecule has 0 saturated heterocycles. The molecule has 0 radical (unpaired) electrons. The van der Waals surface area contributed by atoms with Crippen LogP contribution in [0.4, 0.5) is 5.69 Å². The summed E-state index contributed by atoms with van der Waals surface area (Å²) in [5.41, 5.74) is 3.68. The largest absolute Gasteiger partial charge is 0.436 e. The lowest BCUT2D eigenvalue weighted by Crippen LogP contribution is -2.11. The van der Waals surface area contributed by atoms with E-state index in [1.807, 2.05) is 25.1 Å². The van der Waals surface area contributed by atoms with E-state index < -0.39 is 0 Å². The third-order valence-corrected chi connectivity index (χ3v) is 7.02. The minimum absolute atomic E-state index is 0.352. The smallest absolute Gasteiger partial charge is 0.267 e. The zero-order valence-corrected chi connectivity index (χ0v) is 19.1. The summed E-state index contributed by atoms with van der Waals surface area (Å²) in [4.78, 5) is 17.9. The molecule has 1 N–H and O–H groups in total. The summed E-state index contributed by atoms with van der Waals surface area (Å²) < 4.78 is 6.73. The average molecular weight is 488 g/mol. The SMILES string of the molecule is Cc1ccc2nc(-c3ccc(Cl)c(NC(=O)c4sc5cc(Cl)ccc5c4Cl)c3)oc2c1. The van der Waals surface area contributed by atoms with E-state index in [0.717, 1.165) is 21.2 Å². The number of fused-ring (bicyclic) bond motifs is 2. The van der Waals surface area contributed by atoms with Crippen molar-refractivity contribution in [3.63, 3.8) is 0 Å². The van der Waals surface area contributed by atoms with Crippen LogP contribution in [0.5, 0.6) is 0 Å². The summed E-state index contributed by atoms with van der Waals surface area (Å²) in [5, 5.41) is 4.99. The number of aryl methyl sites for hydroxylation is 1. The highest BCUT2D eigenvalue weighted by atomic mass is 35.5. The van der Waals surface area contributed by atoms with E-state index in [0.29, 0.717) is 42.7 Å². The van der Waals surface area contributed by atoms with E-state index >= 15 is 0 Å². The Bertz CT molecular complexity index is 1490. The molecule has 4 nitrogen and oxygen atoms in total. The number of thiophene rings is 1. The molecule has 5 rings (SSSR count). The predicted octanol–water partition coefficient (Wildman–Crippen LogP) is 8.23. The summed E-state index contributed by atoms with van der Waals surface area (Å²) in [6.45, 7) is 1.99. The van der Waals surface area contributed by atoms with Crippen molar-refractivity contribution in [1.29, 1.82) is 0 Å². The van der Waals surface area contributed by atoms with Gasteiger partial charge in [0.05, 0.1) is 15.7 Å². The minimum Gasteiger partial charge on any atom is -0.436 e. The van der Waals surface area contributed by atoms with Crippen molar-refractivity contribution in [3.05, 3.63) is 80.1 Å². The topological polar surface area (TPSA) is 55.1 Å². The quantitative estimate of drug-likeness (QED) is 0.279. The van der Waals surface area contributed by atoms with Crippen LogP contribution in [-0.4, -0.2) is 10.9 Å². The molecule has 31 heavy (non-hydrogen) atoms. The number of hydrogen-bond donors (Lipinski definition) is 1. The van der Waals surface area contributed by atoms with E-state index in [2.05, 4.69) is 10.3 Å². The van der Waals surface area contributed by atoms with Gasteiger partial charge in [0.15, 0.2) is 5.58 Å². The van der Waals surface area contributed by atoms with Gasteiger partial charge in [-0.25, -0.2) is 4.98 Å². The van der Waals surface area contributed by atoms with Gasteiger partial charge in [-0.2, -0.15) is 0 Å². The summed E-state index contributed by atoms with van der Waals surface area (Å²) in [6.07, 6.45) is 0. The molecule has 0 aliphatic heterocycles. The fourth-order valence-electron chi connectivity index (χ4n) is 3.27. The third kappa shape index (κ3) is 3.79. The molecule has 2 heterocycles. The third-order valence-electron chi connectivity index (χ3n) is 4.80. The number of oxazole rings is 1. The van der Waals surface area contributed by atoms with Gasteiger partial charge < -0.3 is 9.73 Å². The summed E-state index contributed by atoms with van der Waals surface area (Å²) >= 11 is 20.1. The second-order valence-electron chi connectivity index (χ2n) is 7.02. The molecule has 0 fully saturated rings. The molecular formula is C23H13Cl3N2O2S. The van der Waals surface area contributed by atoms with Gasteiger partial charge in [-0.1, -0.05) is 46.9 Å². The summed E-state index contributed by atoms with van der Waals surface area (Å²) in [7, 11) is 0. The Balaban J connectivity index is 1.49. The lowest BCUT2D eigenvalue weighted by Gasteiger charge is -2.08. The van der Waals surface area contributed by atoms with Crippen LogP contribution in [0.2, 0.25) is 15.1 Å². The fourth-order valence-corrected chi connectivity index (χ4v) is 5.13. The number of aromatic nitrogens is 1. The van der Waals surface area contributed by atoms with Crippen LogP contribution in [-0.2, 0) is 0 Å². The molecule has 0 spiro atoms. The highest BCUT2D eigenvalue weighted by Gasteiger charge is 2.19. The molecule has 154 valence electrons. The van der Waals surface area contributed by atoms with Gasteiger partial charge in [-0.3, -0.25) is 4.79 Å². The minimum atomic E-state index is -0.352. The number of benzene rings is 3. The number of carbonyl (C=O) groups is 1. The summed E-state index contributed by atoms with van der Waals surface area (Å²) in [6, 6.07) is 16.4. The average Bonchev–Trinajstić information content (AvgIpc) is 3.30. The monoisotopic (exact) mass is 486 g/mol. The number of amides is 1. The number of nitrogens with one attached hydrogen (secondary N) is 1. The highest BCUT2D eigenvalue weighted by molar-refractivity contribution is 7.21. The lowest BCUT2D eigenvalue weighted by atomic mass is 10.2. The number of rotatable bonds is 3. The summed E-state index contributed by atoms with van der Waals surface area (Å²) in [5.74, 6) is 0.0943. The first-order chi connectivity index (χ1) is 14.9. The van der Waals surface area contributed by atoms with E-state index in [1.165, 1.54) is 11.3 Å². The number of nitrogens with zero attached hydrogens (tertiary/aromatic N) is 1. The van der Waals surface area contributed by atoms with Gasteiger partial charge in [-0.05, 0) is 55.0 Å².